The van der Waals surface area contributed by atoms with E-state index in [4.69, 9.17) is 0 Å². The Labute approximate surface area is 94.7 Å². The molecule has 3 N–H and O–H groups in total. The molecule has 0 aromatic carbocycles. The van der Waals surface area contributed by atoms with Crippen LogP contribution in [0.25, 0.3) is 0 Å². The van der Waals surface area contributed by atoms with Crippen LogP contribution in [0.15, 0.2) is 23.5 Å². The SMILES string of the molecule is CNC1=C(NC)[C](NC)([Zr]([CH3])[CH3])C=C1. The summed E-state index contributed by atoms with van der Waals surface area (Å²) in [5, 5.41) is 10.0. The second kappa shape index (κ2) is 4.63. The molecular weight excluding hydrogens is 253 g/mol. The van der Waals surface area contributed by atoms with E-state index in [1.165, 1.54) is 11.4 Å². The van der Waals surface area contributed by atoms with Crippen LogP contribution >= 0.6 is 0 Å². The number of allylic oxidation sites excluding steroid dienone is 1. The molecule has 0 aliphatic heterocycles. The molecule has 14 heavy (non-hydrogen) atoms. The van der Waals surface area contributed by atoms with Crippen molar-refractivity contribution in [2.24, 2.45) is 0 Å². The van der Waals surface area contributed by atoms with Crippen molar-refractivity contribution in [3.05, 3.63) is 23.5 Å². The molecule has 0 aromatic heterocycles. The van der Waals surface area contributed by atoms with Gasteiger partial charge in [-0.25, -0.2) is 0 Å². The summed E-state index contributed by atoms with van der Waals surface area (Å²) in [6.45, 7) is 0. The number of rotatable bonds is 4. The van der Waals surface area contributed by atoms with Crippen LogP contribution in [0.4, 0.5) is 0 Å². The predicted molar refractivity (Wildman–Crippen MR) is 57.8 cm³/mol. The van der Waals surface area contributed by atoms with Gasteiger partial charge in [0.05, 0.1) is 0 Å². The maximum absolute atomic E-state index is 3.48. The van der Waals surface area contributed by atoms with Crippen molar-refractivity contribution >= 4 is 0 Å². The fraction of sp³-hybridized carbons (Fsp3) is 0.600. The van der Waals surface area contributed by atoms with Gasteiger partial charge in [0.2, 0.25) is 0 Å². The monoisotopic (exact) mass is 272 g/mol. The molecule has 0 bridgehead atoms. The second-order valence-corrected chi connectivity index (χ2v) is 10.5. The molecule has 0 saturated carbocycles. The van der Waals surface area contributed by atoms with Crippen molar-refractivity contribution in [2.45, 2.75) is 12.5 Å². The van der Waals surface area contributed by atoms with E-state index in [1.54, 1.807) is 0 Å². The molecule has 3 nitrogen and oxygen atoms in total. The van der Waals surface area contributed by atoms with Crippen LogP contribution in [0.1, 0.15) is 0 Å². The van der Waals surface area contributed by atoms with Gasteiger partial charge < -0.3 is 0 Å². The molecule has 4 heteroatoms. The Kier molecular flexibility index (Phi) is 3.97. The number of hydrogen-bond donors (Lipinski definition) is 3. The number of hydrogen-bond acceptors (Lipinski definition) is 3. The first-order valence-corrected chi connectivity index (χ1v) is 11.1. The van der Waals surface area contributed by atoms with Gasteiger partial charge in [-0.3, -0.25) is 0 Å². The Morgan fingerprint density at radius 2 is 1.79 bits per heavy atom. The van der Waals surface area contributed by atoms with Crippen molar-refractivity contribution in [1.82, 2.24) is 16.0 Å². The van der Waals surface area contributed by atoms with E-state index in [2.05, 4.69) is 37.4 Å². The molecule has 0 spiro atoms. The second-order valence-electron chi connectivity index (χ2n) is 3.68. The van der Waals surface area contributed by atoms with Crippen LogP contribution in [-0.2, 0) is 21.8 Å². The summed E-state index contributed by atoms with van der Waals surface area (Å²) in [5.41, 5.74) is 2.52. The molecule has 0 heterocycles. The molecule has 79 valence electrons. The van der Waals surface area contributed by atoms with Crippen LogP contribution < -0.4 is 16.0 Å². The van der Waals surface area contributed by atoms with Crippen LogP contribution in [0.2, 0.25) is 9.26 Å². The third-order valence-corrected chi connectivity index (χ3v) is 8.38. The fourth-order valence-electron chi connectivity index (χ4n) is 2.00. The van der Waals surface area contributed by atoms with Gasteiger partial charge in [-0.1, -0.05) is 0 Å². The van der Waals surface area contributed by atoms with Gasteiger partial charge in [-0.05, 0) is 0 Å². The summed E-state index contributed by atoms with van der Waals surface area (Å²) < 4.78 is 4.98. The Balaban J connectivity index is 3.12. The van der Waals surface area contributed by atoms with E-state index in [1.807, 2.05) is 21.1 Å². The average molecular weight is 274 g/mol. The summed E-state index contributed by atoms with van der Waals surface area (Å²) in [6, 6.07) is 0. The minimum atomic E-state index is -1.41. The van der Waals surface area contributed by atoms with Crippen molar-refractivity contribution in [1.29, 1.82) is 0 Å². The van der Waals surface area contributed by atoms with Gasteiger partial charge in [-0.15, -0.1) is 0 Å². The zero-order valence-corrected chi connectivity index (χ0v) is 12.1. The summed E-state index contributed by atoms with van der Waals surface area (Å²) in [7, 11) is 6.02. The molecule has 0 saturated heterocycles. The van der Waals surface area contributed by atoms with Gasteiger partial charge in [-0.2, -0.15) is 0 Å². The van der Waals surface area contributed by atoms with E-state index in [0.29, 0.717) is 0 Å². The normalized spacial score (nSPS) is 25.5. The van der Waals surface area contributed by atoms with Crippen LogP contribution in [0.5, 0.6) is 0 Å². The standard InChI is InChI=1S/C8H14N3.2CH3.Zr/c1-9-6-4-5-7(10-2)8(6)11-3;;;/h4-5,9-11H,1-3H3;2*1H3;. The van der Waals surface area contributed by atoms with Gasteiger partial charge in [0.1, 0.15) is 0 Å². The maximum atomic E-state index is 3.48. The molecule has 1 aliphatic rings. The molecule has 0 amide bonds. The molecule has 0 fully saturated rings. The first kappa shape index (κ1) is 12.0. The van der Waals surface area contributed by atoms with E-state index in [-0.39, 0.29) is 3.25 Å². The van der Waals surface area contributed by atoms with Gasteiger partial charge >= 0.3 is 94.9 Å². The van der Waals surface area contributed by atoms with E-state index >= 15 is 0 Å². The molecule has 1 rings (SSSR count). The van der Waals surface area contributed by atoms with Crippen molar-refractivity contribution in [3.8, 4) is 0 Å². The minimum absolute atomic E-state index is 0.148. The van der Waals surface area contributed by atoms with Crippen LogP contribution in [-0.4, -0.2) is 24.4 Å². The molecule has 1 atom stereocenters. The Morgan fingerprint density at radius 3 is 2.14 bits per heavy atom. The van der Waals surface area contributed by atoms with Crippen molar-refractivity contribution < 1.29 is 21.8 Å². The third kappa shape index (κ3) is 1.70. The van der Waals surface area contributed by atoms with Gasteiger partial charge in [0.15, 0.2) is 0 Å². The summed E-state index contributed by atoms with van der Waals surface area (Å²) in [6.07, 6.45) is 4.48. The average Bonchev–Trinajstić information content (AvgIpc) is 2.56. The Bertz CT molecular complexity index is 271. The van der Waals surface area contributed by atoms with Crippen LogP contribution in [0.3, 0.4) is 0 Å². The molecule has 0 aromatic rings. The molecular formula is C10H20N3Zr. The number of nitrogens with one attached hydrogen (secondary N) is 3. The van der Waals surface area contributed by atoms with Gasteiger partial charge in [0.25, 0.3) is 0 Å². The van der Waals surface area contributed by atoms with E-state index in [0.717, 1.165) is 0 Å². The summed E-state index contributed by atoms with van der Waals surface area (Å²) >= 11 is -1.41. The first-order chi connectivity index (χ1) is 6.62. The topological polar surface area (TPSA) is 36.1 Å². The molecule has 1 aliphatic carbocycles. The Hall–Kier alpha value is -0.0769. The number of likely N-dealkylation sites (N-methyl/N-ethyl adjacent to an activating group) is 3. The van der Waals surface area contributed by atoms with E-state index in [9.17, 15) is 0 Å². The zero-order valence-electron chi connectivity index (χ0n) is 9.65. The van der Waals surface area contributed by atoms with E-state index < -0.39 is 21.8 Å². The van der Waals surface area contributed by atoms with Crippen molar-refractivity contribution in [3.63, 3.8) is 0 Å². The predicted octanol–water partition coefficient (Wildman–Crippen LogP) is 0.837. The molecule has 1 unspecified atom stereocenters. The summed E-state index contributed by atoms with van der Waals surface area (Å²) in [4.78, 5) is 0. The van der Waals surface area contributed by atoms with Gasteiger partial charge in [0, 0.05) is 0 Å². The van der Waals surface area contributed by atoms with Crippen molar-refractivity contribution in [2.75, 3.05) is 21.1 Å². The zero-order chi connectivity index (χ0) is 10.8. The Morgan fingerprint density at radius 1 is 1.14 bits per heavy atom. The summed E-state index contributed by atoms with van der Waals surface area (Å²) in [5.74, 6) is 0. The first-order valence-electron chi connectivity index (χ1n) is 4.91. The molecule has 0 radical (unpaired) electrons. The van der Waals surface area contributed by atoms with Crippen LogP contribution in [0, 0.1) is 0 Å². The quantitative estimate of drug-likeness (QED) is 0.710. The fourth-order valence-corrected chi connectivity index (χ4v) is 6.12. The third-order valence-electron chi connectivity index (χ3n) is 2.87.